The molecular formula is C25H27FN2O4S2. The number of thiophene rings is 1. The highest BCUT2D eigenvalue weighted by Crippen LogP contribution is 2.39. The van der Waals surface area contributed by atoms with Crippen molar-refractivity contribution in [3.63, 3.8) is 0 Å². The molecule has 180 valence electrons. The lowest BCUT2D eigenvalue weighted by Gasteiger charge is -2.48. The molecule has 1 saturated heterocycles. The minimum atomic E-state index is -3.28. The molecule has 0 bridgehead atoms. The van der Waals surface area contributed by atoms with Gasteiger partial charge in [0.2, 0.25) is 0 Å². The molecule has 0 radical (unpaired) electrons. The first-order valence-corrected chi connectivity index (χ1v) is 13.7. The minimum Gasteiger partial charge on any atom is -0.388 e. The third kappa shape index (κ3) is 5.38. The van der Waals surface area contributed by atoms with Gasteiger partial charge in [-0.05, 0) is 66.8 Å². The van der Waals surface area contributed by atoms with E-state index in [2.05, 4.69) is 10.2 Å². The SMILES string of the molecule is CC1(O)CCN(Cc2ccc(S(C)(=O)=O)cc2)C(c2cccs2)C1NC(=O)c1ccc(F)cc1. The highest BCUT2D eigenvalue weighted by molar-refractivity contribution is 7.90. The minimum absolute atomic E-state index is 0.261. The summed E-state index contributed by atoms with van der Waals surface area (Å²) in [5.41, 5.74) is 0.0794. The van der Waals surface area contributed by atoms with E-state index in [0.717, 1.165) is 10.4 Å². The van der Waals surface area contributed by atoms with E-state index < -0.39 is 27.3 Å². The molecule has 3 unspecified atom stereocenters. The van der Waals surface area contributed by atoms with E-state index in [4.69, 9.17) is 0 Å². The summed E-state index contributed by atoms with van der Waals surface area (Å²) in [5.74, 6) is -0.808. The van der Waals surface area contributed by atoms with Crippen molar-refractivity contribution >= 4 is 27.1 Å². The number of carbonyl (C=O) groups excluding carboxylic acids is 1. The highest BCUT2D eigenvalue weighted by atomic mass is 32.2. The first kappa shape index (κ1) is 24.5. The van der Waals surface area contributed by atoms with Crippen LogP contribution in [0.1, 0.15) is 40.2 Å². The molecule has 1 aliphatic rings. The number of nitrogens with one attached hydrogen (secondary N) is 1. The van der Waals surface area contributed by atoms with E-state index in [9.17, 15) is 22.7 Å². The van der Waals surface area contributed by atoms with Gasteiger partial charge >= 0.3 is 0 Å². The van der Waals surface area contributed by atoms with Gasteiger partial charge in [0.1, 0.15) is 5.82 Å². The van der Waals surface area contributed by atoms with E-state index in [-0.39, 0.29) is 16.8 Å². The number of benzene rings is 2. The third-order valence-electron chi connectivity index (χ3n) is 6.25. The van der Waals surface area contributed by atoms with Crippen molar-refractivity contribution < 1.29 is 22.7 Å². The molecule has 0 saturated carbocycles. The van der Waals surface area contributed by atoms with Gasteiger partial charge in [-0.2, -0.15) is 0 Å². The van der Waals surface area contributed by atoms with Crippen LogP contribution < -0.4 is 5.32 Å². The van der Waals surface area contributed by atoms with E-state index in [1.54, 1.807) is 42.5 Å². The molecule has 2 N–H and O–H groups in total. The lowest BCUT2D eigenvalue weighted by Crippen LogP contribution is -2.62. The number of nitrogens with zero attached hydrogens (tertiary/aromatic N) is 1. The van der Waals surface area contributed by atoms with Crippen LogP contribution in [0.2, 0.25) is 0 Å². The maximum atomic E-state index is 13.3. The Bertz CT molecular complexity index is 1240. The molecule has 1 fully saturated rings. The number of aliphatic hydroxyl groups is 1. The number of carbonyl (C=O) groups is 1. The topological polar surface area (TPSA) is 86.7 Å². The van der Waals surface area contributed by atoms with Gasteiger partial charge in [-0.3, -0.25) is 9.69 Å². The van der Waals surface area contributed by atoms with Gasteiger partial charge in [-0.1, -0.05) is 18.2 Å². The zero-order valence-corrected chi connectivity index (χ0v) is 20.6. The lowest BCUT2D eigenvalue weighted by molar-refractivity contribution is -0.0656. The number of amides is 1. The average molecular weight is 503 g/mol. The first-order chi connectivity index (χ1) is 16.0. The van der Waals surface area contributed by atoms with Crippen LogP contribution >= 0.6 is 11.3 Å². The molecule has 3 atom stereocenters. The summed E-state index contributed by atoms with van der Waals surface area (Å²) in [5, 5.41) is 16.2. The second kappa shape index (κ2) is 9.58. The number of likely N-dealkylation sites (tertiary alicyclic amines) is 1. The van der Waals surface area contributed by atoms with Gasteiger partial charge in [-0.15, -0.1) is 11.3 Å². The molecule has 34 heavy (non-hydrogen) atoms. The Morgan fingerprint density at radius 1 is 1.18 bits per heavy atom. The number of hydrogen-bond acceptors (Lipinski definition) is 6. The molecule has 6 nitrogen and oxygen atoms in total. The maximum absolute atomic E-state index is 13.3. The number of sulfone groups is 1. The van der Waals surface area contributed by atoms with Gasteiger partial charge in [0.15, 0.2) is 9.84 Å². The maximum Gasteiger partial charge on any atom is 0.251 e. The largest absolute Gasteiger partial charge is 0.388 e. The summed E-state index contributed by atoms with van der Waals surface area (Å²) in [6, 6.07) is 15.1. The van der Waals surface area contributed by atoms with Crippen molar-refractivity contribution in [2.75, 3.05) is 12.8 Å². The molecule has 1 aromatic heterocycles. The van der Waals surface area contributed by atoms with Crippen LogP contribution in [-0.4, -0.2) is 48.8 Å². The molecule has 1 aliphatic heterocycles. The predicted molar refractivity (Wildman–Crippen MR) is 130 cm³/mol. The summed E-state index contributed by atoms with van der Waals surface area (Å²) < 4.78 is 36.9. The molecular weight excluding hydrogens is 475 g/mol. The van der Waals surface area contributed by atoms with Crippen molar-refractivity contribution in [3.05, 3.63) is 87.9 Å². The molecule has 0 spiro atoms. The number of piperidine rings is 1. The van der Waals surface area contributed by atoms with Gasteiger partial charge in [-0.25, -0.2) is 12.8 Å². The Morgan fingerprint density at radius 2 is 1.85 bits per heavy atom. The van der Waals surface area contributed by atoms with Crippen LogP contribution in [0.3, 0.4) is 0 Å². The van der Waals surface area contributed by atoms with Crippen molar-refractivity contribution in [2.45, 2.75) is 42.5 Å². The molecule has 2 heterocycles. The van der Waals surface area contributed by atoms with E-state index in [1.807, 2.05) is 17.5 Å². The Balaban J connectivity index is 1.63. The molecule has 3 aromatic rings. The number of halogens is 1. The second-order valence-corrected chi connectivity index (χ2v) is 11.9. The fraction of sp³-hybridized carbons (Fsp3) is 0.320. The van der Waals surface area contributed by atoms with Gasteiger partial charge in [0.05, 0.1) is 22.6 Å². The smallest absolute Gasteiger partial charge is 0.251 e. The first-order valence-electron chi connectivity index (χ1n) is 10.9. The van der Waals surface area contributed by atoms with Crippen LogP contribution in [0, 0.1) is 5.82 Å². The van der Waals surface area contributed by atoms with Crippen LogP contribution in [0.4, 0.5) is 4.39 Å². The Labute approximate surface area is 203 Å². The van der Waals surface area contributed by atoms with Crippen LogP contribution in [0.15, 0.2) is 70.9 Å². The van der Waals surface area contributed by atoms with E-state index in [1.165, 1.54) is 30.5 Å². The van der Waals surface area contributed by atoms with Crippen molar-refractivity contribution in [3.8, 4) is 0 Å². The van der Waals surface area contributed by atoms with E-state index >= 15 is 0 Å². The number of hydrogen-bond donors (Lipinski definition) is 2. The quantitative estimate of drug-likeness (QED) is 0.536. The monoisotopic (exact) mass is 502 g/mol. The molecule has 0 aliphatic carbocycles. The molecule has 4 rings (SSSR count). The van der Waals surface area contributed by atoms with Crippen LogP contribution in [0.25, 0.3) is 0 Å². The average Bonchev–Trinajstić information content (AvgIpc) is 3.31. The zero-order chi connectivity index (χ0) is 24.5. The Morgan fingerprint density at radius 3 is 2.44 bits per heavy atom. The number of rotatable bonds is 6. The summed E-state index contributed by atoms with van der Waals surface area (Å²) in [6.07, 6.45) is 1.61. The second-order valence-electron chi connectivity index (χ2n) is 8.91. The third-order valence-corrected chi connectivity index (χ3v) is 8.32. The molecule has 1 amide bonds. The van der Waals surface area contributed by atoms with Crippen molar-refractivity contribution in [1.82, 2.24) is 10.2 Å². The fourth-order valence-corrected chi connectivity index (χ4v) is 5.86. The normalized spacial score (nSPS) is 23.5. The van der Waals surface area contributed by atoms with Crippen molar-refractivity contribution in [2.24, 2.45) is 0 Å². The van der Waals surface area contributed by atoms with Gasteiger partial charge in [0, 0.05) is 29.8 Å². The summed E-state index contributed by atoms with van der Waals surface area (Å²) in [6.45, 7) is 2.83. The Kier molecular flexibility index (Phi) is 6.91. The Hall–Kier alpha value is -2.59. The summed E-state index contributed by atoms with van der Waals surface area (Å²) in [7, 11) is -3.28. The standard InChI is InChI=1S/C25H27FN2O4S2/c1-25(30)13-14-28(16-17-5-11-20(12-6-17)34(2,31)32)22(21-4-3-15-33-21)23(25)27-24(29)18-7-9-19(26)10-8-18/h3-12,15,22-23,30H,13-14,16H2,1-2H3,(H,27,29). The highest BCUT2D eigenvalue weighted by Gasteiger charge is 2.46. The summed E-state index contributed by atoms with van der Waals surface area (Å²) in [4.78, 5) is 16.5. The predicted octanol–water partition coefficient (Wildman–Crippen LogP) is 3.79. The van der Waals surface area contributed by atoms with E-state index in [0.29, 0.717) is 25.1 Å². The fourth-order valence-electron chi connectivity index (χ4n) is 4.33. The van der Waals surface area contributed by atoms with Gasteiger partial charge in [0.25, 0.3) is 5.91 Å². The summed E-state index contributed by atoms with van der Waals surface area (Å²) >= 11 is 1.55. The van der Waals surface area contributed by atoms with Gasteiger partial charge < -0.3 is 10.4 Å². The van der Waals surface area contributed by atoms with Crippen LogP contribution in [-0.2, 0) is 16.4 Å². The van der Waals surface area contributed by atoms with Crippen LogP contribution in [0.5, 0.6) is 0 Å². The molecule has 2 aromatic carbocycles. The lowest BCUT2D eigenvalue weighted by atomic mass is 9.81. The molecule has 9 heteroatoms. The zero-order valence-electron chi connectivity index (χ0n) is 18.9. The van der Waals surface area contributed by atoms with Crippen molar-refractivity contribution in [1.29, 1.82) is 0 Å².